The number of nitrogens with zero attached hydrogens (tertiary/aromatic N) is 1. The van der Waals surface area contributed by atoms with Gasteiger partial charge in [-0.1, -0.05) is 38.1 Å². The molecule has 0 radical (unpaired) electrons. The molecule has 0 aliphatic rings. The van der Waals surface area contributed by atoms with E-state index in [1.165, 1.54) is 0 Å². The summed E-state index contributed by atoms with van der Waals surface area (Å²) in [6, 6.07) is 12.6. The van der Waals surface area contributed by atoms with E-state index in [1.807, 2.05) is 70.2 Å². The Bertz CT molecular complexity index is 878. The number of aryl methyl sites for hydroxylation is 1. The van der Waals surface area contributed by atoms with E-state index in [-0.39, 0.29) is 18.4 Å². The van der Waals surface area contributed by atoms with Crippen LogP contribution in [0.5, 0.6) is 11.5 Å². The van der Waals surface area contributed by atoms with Crippen molar-refractivity contribution in [3.63, 3.8) is 0 Å². The monoisotopic (exact) mass is 426 g/mol. The molecule has 2 rings (SSSR count). The number of carbonyl (C=O) groups is 2. The third-order valence-electron chi connectivity index (χ3n) is 5.27. The molecule has 0 heterocycles. The molecule has 31 heavy (non-hydrogen) atoms. The Balaban J connectivity index is 2.16. The molecule has 1 N–H and O–H groups in total. The summed E-state index contributed by atoms with van der Waals surface area (Å²) < 4.78 is 11.0. The summed E-state index contributed by atoms with van der Waals surface area (Å²) >= 11 is 0. The van der Waals surface area contributed by atoms with Crippen LogP contribution >= 0.6 is 0 Å². The lowest BCUT2D eigenvalue weighted by atomic mass is 10.1. The van der Waals surface area contributed by atoms with Crippen molar-refractivity contribution < 1.29 is 19.1 Å². The number of carbonyl (C=O) groups excluding carboxylic acids is 2. The van der Waals surface area contributed by atoms with Crippen LogP contribution in [0.2, 0.25) is 0 Å². The van der Waals surface area contributed by atoms with Crippen LogP contribution in [0.15, 0.2) is 42.5 Å². The highest BCUT2D eigenvalue weighted by molar-refractivity contribution is 5.88. The minimum Gasteiger partial charge on any atom is -0.497 e. The van der Waals surface area contributed by atoms with Crippen molar-refractivity contribution in [3.8, 4) is 11.5 Å². The molecule has 1 atom stereocenters. The third kappa shape index (κ3) is 7.02. The SMILES string of the molecule is COc1ccc(CN(C(=O)COc2cccc(C)c2C)[C@H](C)C(=O)NCC(C)C)cc1. The fraction of sp³-hybridized carbons (Fsp3) is 0.440. The number of rotatable bonds is 10. The first kappa shape index (κ1) is 24.3. The fourth-order valence-corrected chi connectivity index (χ4v) is 3.07. The first-order chi connectivity index (χ1) is 14.7. The average molecular weight is 427 g/mol. The second kappa shape index (κ2) is 11.4. The van der Waals surface area contributed by atoms with Gasteiger partial charge in [-0.2, -0.15) is 0 Å². The Morgan fingerprint density at radius 3 is 2.32 bits per heavy atom. The van der Waals surface area contributed by atoms with Gasteiger partial charge in [0, 0.05) is 13.1 Å². The van der Waals surface area contributed by atoms with Crippen molar-refractivity contribution in [3.05, 3.63) is 59.2 Å². The summed E-state index contributed by atoms with van der Waals surface area (Å²) in [5, 5.41) is 2.92. The second-order valence-electron chi connectivity index (χ2n) is 8.17. The Morgan fingerprint density at radius 2 is 1.71 bits per heavy atom. The molecule has 0 saturated heterocycles. The topological polar surface area (TPSA) is 67.9 Å². The van der Waals surface area contributed by atoms with E-state index in [1.54, 1.807) is 18.9 Å². The van der Waals surface area contributed by atoms with Gasteiger partial charge in [-0.25, -0.2) is 0 Å². The molecule has 0 bridgehead atoms. The summed E-state index contributed by atoms with van der Waals surface area (Å²) in [6.07, 6.45) is 0. The van der Waals surface area contributed by atoms with Crippen LogP contribution in [0, 0.1) is 19.8 Å². The van der Waals surface area contributed by atoms with Crippen molar-refractivity contribution in [2.45, 2.75) is 47.2 Å². The largest absolute Gasteiger partial charge is 0.497 e. The number of ether oxygens (including phenoxy) is 2. The van der Waals surface area contributed by atoms with Crippen molar-refractivity contribution in [1.82, 2.24) is 10.2 Å². The average Bonchev–Trinajstić information content (AvgIpc) is 2.76. The van der Waals surface area contributed by atoms with Gasteiger partial charge in [0.25, 0.3) is 5.91 Å². The summed E-state index contributed by atoms with van der Waals surface area (Å²) in [6.45, 7) is 10.5. The standard InChI is InChI=1S/C25H34N2O4/c1-17(2)14-26-25(29)20(5)27(15-21-10-12-22(30-6)13-11-21)24(28)16-31-23-9-7-8-18(3)19(23)4/h7-13,17,20H,14-16H2,1-6H3,(H,26,29)/t20-/m1/s1. The van der Waals surface area contributed by atoms with Crippen LogP contribution in [-0.4, -0.2) is 43.0 Å². The van der Waals surface area contributed by atoms with Crippen LogP contribution in [0.25, 0.3) is 0 Å². The quantitative estimate of drug-likeness (QED) is 0.626. The van der Waals surface area contributed by atoms with Crippen LogP contribution < -0.4 is 14.8 Å². The number of hydrogen-bond donors (Lipinski definition) is 1. The predicted octanol–water partition coefficient (Wildman–Crippen LogP) is 3.88. The van der Waals surface area contributed by atoms with Gasteiger partial charge in [0.05, 0.1) is 7.11 Å². The van der Waals surface area contributed by atoms with Crippen molar-refractivity contribution in [2.75, 3.05) is 20.3 Å². The van der Waals surface area contributed by atoms with Gasteiger partial charge in [-0.15, -0.1) is 0 Å². The molecule has 0 unspecified atom stereocenters. The first-order valence-corrected chi connectivity index (χ1v) is 10.6. The molecule has 168 valence electrons. The van der Waals surface area contributed by atoms with Gasteiger partial charge in [0.1, 0.15) is 17.5 Å². The fourth-order valence-electron chi connectivity index (χ4n) is 3.07. The lowest BCUT2D eigenvalue weighted by Gasteiger charge is -2.29. The van der Waals surface area contributed by atoms with E-state index in [2.05, 4.69) is 5.32 Å². The number of hydrogen-bond acceptors (Lipinski definition) is 4. The highest BCUT2D eigenvalue weighted by Crippen LogP contribution is 2.21. The minimum atomic E-state index is -0.629. The number of methoxy groups -OCH3 is 1. The molecule has 2 amide bonds. The van der Waals surface area contributed by atoms with Gasteiger partial charge in [0.15, 0.2) is 6.61 Å². The van der Waals surface area contributed by atoms with E-state index < -0.39 is 6.04 Å². The zero-order valence-corrected chi connectivity index (χ0v) is 19.4. The summed E-state index contributed by atoms with van der Waals surface area (Å²) in [5.74, 6) is 1.32. The third-order valence-corrected chi connectivity index (χ3v) is 5.27. The smallest absolute Gasteiger partial charge is 0.261 e. The lowest BCUT2D eigenvalue weighted by Crippen LogP contribution is -2.49. The maximum atomic E-state index is 13.1. The molecular weight excluding hydrogens is 392 g/mol. The molecule has 6 heteroatoms. The van der Waals surface area contributed by atoms with E-state index in [9.17, 15) is 9.59 Å². The summed E-state index contributed by atoms with van der Waals surface area (Å²) in [5.41, 5.74) is 3.01. The Kier molecular flexibility index (Phi) is 8.91. The molecule has 0 aromatic heterocycles. The number of benzene rings is 2. The Hall–Kier alpha value is -3.02. The highest BCUT2D eigenvalue weighted by atomic mass is 16.5. The van der Waals surface area contributed by atoms with Gasteiger partial charge in [0.2, 0.25) is 5.91 Å². The maximum absolute atomic E-state index is 13.1. The van der Waals surface area contributed by atoms with Gasteiger partial charge < -0.3 is 19.7 Å². The predicted molar refractivity (Wildman–Crippen MR) is 122 cm³/mol. The van der Waals surface area contributed by atoms with Gasteiger partial charge >= 0.3 is 0 Å². The molecule has 2 aromatic rings. The van der Waals surface area contributed by atoms with Gasteiger partial charge in [-0.3, -0.25) is 9.59 Å². The molecule has 2 aromatic carbocycles. The van der Waals surface area contributed by atoms with Gasteiger partial charge in [-0.05, 0) is 61.6 Å². The van der Waals surface area contributed by atoms with Crippen LogP contribution in [-0.2, 0) is 16.1 Å². The Morgan fingerprint density at radius 1 is 1.03 bits per heavy atom. The Labute approximate surface area is 185 Å². The summed E-state index contributed by atoms with van der Waals surface area (Å²) in [7, 11) is 1.61. The zero-order valence-electron chi connectivity index (χ0n) is 19.4. The molecular formula is C25H34N2O4. The lowest BCUT2D eigenvalue weighted by molar-refractivity contribution is -0.142. The van der Waals surface area contributed by atoms with Crippen molar-refractivity contribution >= 4 is 11.8 Å². The van der Waals surface area contributed by atoms with E-state index in [0.29, 0.717) is 24.8 Å². The molecule has 0 aliphatic carbocycles. The van der Waals surface area contributed by atoms with E-state index in [4.69, 9.17) is 9.47 Å². The van der Waals surface area contributed by atoms with Crippen LogP contribution in [0.4, 0.5) is 0 Å². The van der Waals surface area contributed by atoms with Crippen molar-refractivity contribution in [2.24, 2.45) is 5.92 Å². The molecule has 0 saturated carbocycles. The van der Waals surface area contributed by atoms with Crippen molar-refractivity contribution in [1.29, 1.82) is 0 Å². The number of amides is 2. The molecule has 6 nitrogen and oxygen atoms in total. The minimum absolute atomic E-state index is 0.137. The molecule has 0 aliphatic heterocycles. The van der Waals surface area contributed by atoms with E-state index >= 15 is 0 Å². The van der Waals surface area contributed by atoms with Crippen LogP contribution in [0.1, 0.15) is 37.5 Å². The second-order valence-corrected chi connectivity index (χ2v) is 8.17. The summed E-state index contributed by atoms with van der Waals surface area (Å²) in [4.78, 5) is 27.4. The molecule has 0 spiro atoms. The van der Waals surface area contributed by atoms with E-state index in [0.717, 1.165) is 22.4 Å². The zero-order chi connectivity index (χ0) is 23.0. The number of nitrogens with one attached hydrogen (secondary N) is 1. The molecule has 0 fully saturated rings. The maximum Gasteiger partial charge on any atom is 0.261 e. The first-order valence-electron chi connectivity index (χ1n) is 10.6. The van der Waals surface area contributed by atoms with Crippen LogP contribution in [0.3, 0.4) is 0 Å². The normalized spacial score (nSPS) is 11.7. The highest BCUT2D eigenvalue weighted by Gasteiger charge is 2.26.